The van der Waals surface area contributed by atoms with E-state index in [1.54, 1.807) is 19.2 Å². The average Bonchev–Trinajstić information content (AvgIpc) is 2.61. The van der Waals surface area contributed by atoms with Crippen molar-refractivity contribution in [3.8, 4) is 5.75 Å². The molecule has 1 atom stereocenters. The quantitative estimate of drug-likeness (QED) is 0.486. The molecule has 24 heavy (non-hydrogen) atoms. The summed E-state index contributed by atoms with van der Waals surface area (Å²) >= 11 is 0. The Hall–Kier alpha value is -2.95. The predicted octanol–water partition coefficient (Wildman–Crippen LogP) is 3.92. The van der Waals surface area contributed by atoms with Gasteiger partial charge in [0, 0.05) is 12.1 Å². The highest BCUT2D eigenvalue weighted by Gasteiger charge is 2.26. The van der Waals surface area contributed by atoms with Crippen LogP contribution in [0.4, 0.5) is 5.69 Å². The van der Waals surface area contributed by atoms with E-state index in [1.165, 1.54) is 12.1 Å². The first-order valence-corrected chi connectivity index (χ1v) is 7.70. The zero-order chi connectivity index (χ0) is 17.1. The fourth-order valence-electron chi connectivity index (χ4n) is 3.19. The summed E-state index contributed by atoms with van der Waals surface area (Å²) in [6, 6.07) is 12.1. The second kappa shape index (κ2) is 6.66. The van der Waals surface area contributed by atoms with Gasteiger partial charge in [-0.2, -0.15) is 0 Å². The lowest BCUT2D eigenvalue weighted by Crippen LogP contribution is -2.15. The molecule has 0 spiro atoms. The second-order valence-electron chi connectivity index (χ2n) is 5.71. The normalized spacial score (nSPS) is 18.0. The lowest BCUT2D eigenvalue weighted by atomic mass is 9.79. The highest BCUT2D eigenvalue weighted by molar-refractivity contribution is 5.75. The van der Waals surface area contributed by atoms with Crippen LogP contribution in [0.2, 0.25) is 0 Å². The molecule has 2 aromatic carbocycles. The van der Waals surface area contributed by atoms with E-state index in [0.29, 0.717) is 0 Å². The fourth-order valence-corrected chi connectivity index (χ4v) is 3.19. The average molecular weight is 323 g/mol. The maximum atomic E-state index is 11.7. The number of hydrogen-bond acceptors (Lipinski definition) is 4. The lowest BCUT2D eigenvalue weighted by Gasteiger charge is -2.26. The minimum absolute atomic E-state index is 0.0582. The maximum Gasteiger partial charge on any atom is 0.269 e. The molecule has 0 saturated heterocycles. The first-order valence-electron chi connectivity index (χ1n) is 7.70. The maximum absolute atomic E-state index is 11.7. The Labute approximate surface area is 139 Å². The van der Waals surface area contributed by atoms with Gasteiger partial charge in [-0.3, -0.25) is 10.1 Å². The van der Waals surface area contributed by atoms with Crippen LogP contribution < -0.4 is 4.74 Å². The van der Waals surface area contributed by atoms with Gasteiger partial charge < -0.3 is 9.53 Å². The molecule has 1 aliphatic rings. The molecule has 3 rings (SSSR count). The molecule has 0 aromatic heterocycles. The molecule has 0 amide bonds. The lowest BCUT2D eigenvalue weighted by molar-refractivity contribution is -0.384. The van der Waals surface area contributed by atoms with Gasteiger partial charge in [0.1, 0.15) is 12.0 Å². The summed E-state index contributed by atoms with van der Waals surface area (Å²) in [5, 5.41) is 10.7. The number of rotatable bonds is 4. The van der Waals surface area contributed by atoms with Crippen molar-refractivity contribution in [2.45, 2.75) is 18.8 Å². The Morgan fingerprint density at radius 1 is 1.17 bits per heavy atom. The van der Waals surface area contributed by atoms with Crippen LogP contribution in [0, 0.1) is 10.1 Å². The Kier molecular flexibility index (Phi) is 4.42. The van der Waals surface area contributed by atoms with Crippen molar-refractivity contribution in [2.75, 3.05) is 7.11 Å². The van der Waals surface area contributed by atoms with Gasteiger partial charge in [0.15, 0.2) is 0 Å². The molecule has 0 heterocycles. The van der Waals surface area contributed by atoms with Crippen molar-refractivity contribution in [1.29, 1.82) is 0 Å². The molecular formula is C19H17NO4. The molecule has 122 valence electrons. The number of hydrogen-bond donors (Lipinski definition) is 0. The first-order chi connectivity index (χ1) is 11.6. The minimum atomic E-state index is -0.422. The number of methoxy groups -OCH3 is 1. The number of benzene rings is 2. The van der Waals surface area contributed by atoms with Gasteiger partial charge in [-0.1, -0.05) is 23.8 Å². The molecule has 1 unspecified atom stereocenters. The van der Waals surface area contributed by atoms with Crippen molar-refractivity contribution >= 4 is 18.0 Å². The van der Waals surface area contributed by atoms with Gasteiger partial charge in [0.25, 0.3) is 5.69 Å². The van der Waals surface area contributed by atoms with Gasteiger partial charge in [-0.15, -0.1) is 0 Å². The Bertz CT molecular complexity index is 809. The van der Waals surface area contributed by atoms with Crippen molar-refractivity contribution < 1.29 is 14.5 Å². The van der Waals surface area contributed by atoms with Crippen molar-refractivity contribution in [1.82, 2.24) is 0 Å². The molecule has 0 fully saturated rings. The minimum Gasteiger partial charge on any atom is -0.496 e. The zero-order valence-corrected chi connectivity index (χ0v) is 13.3. The standard InChI is InChI=1S/C19H17NO4/c1-24-19-4-2-3-16-17(19)10-7-14(18(16)12-21)11-13-5-8-15(9-6-13)20(22)23/h2-6,8-9,11-12,18H,7,10H2,1H3. The van der Waals surface area contributed by atoms with E-state index in [9.17, 15) is 14.9 Å². The molecule has 0 saturated carbocycles. The molecule has 0 bridgehead atoms. The number of nitro groups is 1. The number of non-ortho nitro benzene ring substituents is 1. The second-order valence-corrected chi connectivity index (χ2v) is 5.71. The predicted molar refractivity (Wildman–Crippen MR) is 91.2 cm³/mol. The Morgan fingerprint density at radius 3 is 2.54 bits per heavy atom. The smallest absolute Gasteiger partial charge is 0.269 e. The van der Waals surface area contributed by atoms with E-state index in [2.05, 4.69) is 0 Å². The molecule has 2 aromatic rings. The highest BCUT2D eigenvalue weighted by atomic mass is 16.6. The third-order valence-corrected chi connectivity index (χ3v) is 4.38. The number of aldehydes is 1. The van der Waals surface area contributed by atoms with Crippen molar-refractivity contribution in [3.63, 3.8) is 0 Å². The van der Waals surface area contributed by atoms with Gasteiger partial charge in [-0.05, 0) is 47.7 Å². The molecule has 0 radical (unpaired) electrons. The number of nitro benzene ring substituents is 1. The van der Waals surface area contributed by atoms with Gasteiger partial charge in [-0.25, -0.2) is 0 Å². The van der Waals surface area contributed by atoms with Crippen LogP contribution in [0.3, 0.4) is 0 Å². The van der Waals surface area contributed by atoms with Gasteiger partial charge >= 0.3 is 0 Å². The molecule has 5 heteroatoms. The van der Waals surface area contributed by atoms with E-state index in [4.69, 9.17) is 4.74 Å². The van der Waals surface area contributed by atoms with Crippen LogP contribution >= 0.6 is 0 Å². The first kappa shape index (κ1) is 15.9. The summed E-state index contributed by atoms with van der Waals surface area (Å²) in [5.74, 6) is 0.507. The summed E-state index contributed by atoms with van der Waals surface area (Å²) in [6.07, 6.45) is 4.47. The molecule has 0 aliphatic heterocycles. The van der Waals surface area contributed by atoms with Crippen LogP contribution in [0.25, 0.3) is 6.08 Å². The van der Waals surface area contributed by atoms with E-state index < -0.39 is 4.92 Å². The van der Waals surface area contributed by atoms with Crippen molar-refractivity contribution in [2.24, 2.45) is 0 Å². The van der Waals surface area contributed by atoms with Crippen LogP contribution in [0.15, 0.2) is 48.0 Å². The monoisotopic (exact) mass is 323 g/mol. The third-order valence-electron chi connectivity index (χ3n) is 4.38. The molecule has 5 nitrogen and oxygen atoms in total. The number of nitrogens with zero attached hydrogens (tertiary/aromatic N) is 1. The summed E-state index contributed by atoms with van der Waals surface area (Å²) in [5.41, 5.74) is 3.98. The molecular weight excluding hydrogens is 306 g/mol. The summed E-state index contributed by atoms with van der Waals surface area (Å²) in [7, 11) is 1.63. The highest BCUT2D eigenvalue weighted by Crippen LogP contribution is 2.39. The summed E-state index contributed by atoms with van der Waals surface area (Å²) in [6.45, 7) is 0. The fraction of sp³-hybridized carbons (Fsp3) is 0.211. The van der Waals surface area contributed by atoms with Gasteiger partial charge in [0.05, 0.1) is 18.0 Å². The largest absolute Gasteiger partial charge is 0.496 e. The number of fused-ring (bicyclic) bond motifs is 1. The van der Waals surface area contributed by atoms with E-state index in [0.717, 1.165) is 47.1 Å². The number of carbonyl (C=O) groups is 1. The SMILES string of the molecule is COc1cccc2c1CCC(=Cc1ccc([N+](=O)[O-])cc1)C2C=O. The zero-order valence-electron chi connectivity index (χ0n) is 13.3. The van der Waals surface area contributed by atoms with Crippen LogP contribution in [-0.4, -0.2) is 18.3 Å². The topological polar surface area (TPSA) is 69.4 Å². The van der Waals surface area contributed by atoms with Crippen molar-refractivity contribution in [3.05, 3.63) is 74.8 Å². The number of carbonyl (C=O) groups excluding carboxylic acids is 1. The van der Waals surface area contributed by atoms with Crippen LogP contribution in [0.5, 0.6) is 5.75 Å². The van der Waals surface area contributed by atoms with E-state index in [1.807, 2.05) is 24.3 Å². The Balaban J connectivity index is 1.96. The summed E-state index contributed by atoms with van der Waals surface area (Å²) < 4.78 is 5.40. The Morgan fingerprint density at radius 2 is 1.92 bits per heavy atom. The van der Waals surface area contributed by atoms with E-state index in [-0.39, 0.29) is 11.6 Å². The number of ether oxygens (including phenoxy) is 1. The van der Waals surface area contributed by atoms with E-state index >= 15 is 0 Å². The number of allylic oxidation sites excluding steroid dienone is 1. The van der Waals surface area contributed by atoms with Gasteiger partial charge in [0.2, 0.25) is 0 Å². The third kappa shape index (κ3) is 2.93. The van der Waals surface area contributed by atoms with Crippen LogP contribution in [-0.2, 0) is 11.2 Å². The molecule has 1 aliphatic carbocycles. The summed E-state index contributed by atoms with van der Waals surface area (Å²) in [4.78, 5) is 22.0. The van der Waals surface area contributed by atoms with Crippen LogP contribution in [0.1, 0.15) is 29.0 Å². The molecule has 0 N–H and O–H groups in total.